The number of anilines is 2. The van der Waals surface area contributed by atoms with Gasteiger partial charge in [-0.1, -0.05) is 0 Å². The normalized spacial score (nSPS) is 11.7. The molecule has 13 heteroatoms. The summed E-state index contributed by atoms with van der Waals surface area (Å²) in [5.41, 5.74) is 5.49. The summed E-state index contributed by atoms with van der Waals surface area (Å²) in [5.74, 6) is -2.91. The quantitative estimate of drug-likeness (QED) is 0.505. The van der Waals surface area contributed by atoms with Crippen molar-refractivity contribution in [3.05, 3.63) is 60.5 Å². The highest BCUT2D eigenvalue weighted by Gasteiger charge is 2.37. The Balaban J connectivity index is 1.75. The molecule has 1 amide bonds. The van der Waals surface area contributed by atoms with E-state index in [1.807, 2.05) is 0 Å². The second-order valence-corrected chi connectivity index (χ2v) is 5.77. The average molecular weight is 406 g/mol. The lowest BCUT2D eigenvalue weighted by molar-refractivity contribution is -0.145. The molecule has 0 aliphatic carbocycles. The van der Waals surface area contributed by atoms with Crippen molar-refractivity contribution in [3.63, 3.8) is 0 Å². The van der Waals surface area contributed by atoms with E-state index in [4.69, 9.17) is 5.73 Å². The summed E-state index contributed by atoms with van der Waals surface area (Å²) in [6.07, 6.45) is 1.66. The SMILES string of the molecule is Nc1nn2cc(F)cnc2c1C(=O)Nc1cnccc1-n1ccnc1C(F)(F)F. The maximum absolute atomic E-state index is 13.3. The van der Waals surface area contributed by atoms with Gasteiger partial charge < -0.3 is 11.1 Å². The van der Waals surface area contributed by atoms with Gasteiger partial charge in [-0.3, -0.25) is 14.3 Å². The number of alkyl halides is 3. The molecule has 4 aromatic rings. The monoisotopic (exact) mass is 406 g/mol. The van der Waals surface area contributed by atoms with Crippen molar-refractivity contribution in [1.82, 2.24) is 29.1 Å². The van der Waals surface area contributed by atoms with Crippen LogP contribution < -0.4 is 11.1 Å². The molecular formula is C16H10F4N8O. The molecule has 0 aliphatic heterocycles. The number of fused-ring (bicyclic) bond motifs is 1. The predicted molar refractivity (Wildman–Crippen MR) is 91.7 cm³/mol. The molecule has 0 spiro atoms. The van der Waals surface area contributed by atoms with Crippen LogP contribution in [0.25, 0.3) is 11.3 Å². The van der Waals surface area contributed by atoms with Crippen LogP contribution in [0.15, 0.2) is 43.2 Å². The Morgan fingerprint density at radius 2 is 1.97 bits per heavy atom. The number of nitrogens with one attached hydrogen (secondary N) is 1. The van der Waals surface area contributed by atoms with Gasteiger partial charge in [-0.25, -0.2) is 18.9 Å². The number of aromatic nitrogens is 6. The topological polar surface area (TPSA) is 116 Å². The molecule has 148 valence electrons. The Morgan fingerprint density at radius 3 is 2.72 bits per heavy atom. The number of halogens is 4. The largest absolute Gasteiger partial charge is 0.450 e. The molecule has 9 nitrogen and oxygen atoms in total. The predicted octanol–water partition coefficient (Wildman–Crippen LogP) is 2.30. The summed E-state index contributed by atoms with van der Waals surface area (Å²) in [4.78, 5) is 23.7. The van der Waals surface area contributed by atoms with E-state index in [0.717, 1.165) is 33.9 Å². The number of rotatable bonds is 3. The third kappa shape index (κ3) is 3.22. The molecule has 0 atom stereocenters. The van der Waals surface area contributed by atoms with Crippen molar-refractivity contribution in [3.8, 4) is 5.69 Å². The molecule has 0 aliphatic rings. The van der Waals surface area contributed by atoms with Crippen LogP contribution in [0.3, 0.4) is 0 Å². The Hall–Kier alpha value is -4.03. The highest BCUT2D eigenvalue weighted by Crippen LogP contribution is 2.31. The van der Waals surface area contributed by atoms with Gasteiger partial charge in [-0.2, -0.15) is 13.2 Å². The lowest BCUT2D eigenvalue weighted by atomic mass is 10.2. The molecule has 0 saturated heterocycles. The molecule has 3 N–H and O–H groups in total. The van der Waals surface area contributed by atoms with Gasteiger partial charge in [0, 0.05) is 18.6 Å². The van der Waals surface area contributed by atoms with Crippen LogP contribution in [0.1, 0.15) is 16.2 Å². The van der Waals surface area contributed by atoms with Crippen LogP contribution in [0.4, 0.5) is 29.1 Å². The number of carbonyl (C=O) groups excluding carboxylic acids is 1. The highest BCUT2D eigenvalue weighted by molar-refractivity contribution is 6.12. The fraction of sp³-hybridized carbons (Fsp3) is 0.0625. The summed E-state index contributed by atoms with van der Waals surface area (Å²) in [7, 11) is 0. The molecule has 0 radical (unpaired) electrons. The number of nitrogens with zero attached hydrogens (tertiary/aromatic N) is 6. The van der Waals surface area contributed by atoms with Gasteiger partial charge >= 0.3 is 6.18 Å². The first-order chi connectivity index (χ1) is 13.8. The Morgan fingerprint density at radius 1 is 1.17 bits per heavy atom. The first kappa shape index (κ1) is 18.3. The van der Waals surface area contributed by atoms with Crippen molar-refractivity contribution in [2.75, 3.05) is 11.1 Å². The van der Waals surface area contributed by atoms with E-state index < -0.39 is 23.7 Å². The van der Waals surface area contributed by atoms with Crippen molar-refractivity contribution in [2.45, 2.75) is 6.18 Å². The molecule has 0 aromatic carbocycles. The molecule has 4 heterocycles. The molecule has 0 saturated carbocycles. The Labute approximate surface area is 158 Å². The highest BCUT2D eigenvalue weighted by atomic mass is 19.4. The number of pyridine rings is 1. The van der Waals surface area contributed by atoms with E-state index >= 15 is 0 Å². The smallest absolute Gasteiger partial charge is 0.381 e. The van der Waals surface area contributed by atoms with Gasteiger partial charge in [0.2, 0.25) is 5.82 Å². The van der Waals surface area contributed by atoms with Crippen molar-refractivity contribution >= 4 is 23.1 Å². The molecular weight excluding hydrogens is 396 g/mol. The number of nitrogens with two attached hydrogens (primary N) is 1. The standard InChI is InChI=1S/C16H10F4N8O/c17-8-5-24-13-11(12(21)26-28(13)7-8)14(29)25-9-6-22-2-1-10(9)27-4-3-23-15(27)16(18,19)20/h1-7H,(H2,21,26)(H,25,29). The average Bonchev–Trinajstić information content (AvgIpc) is 3.25. The van der Waals surface area contributed by atoms with Crippen LogP contribution in [0, 0.1) is 5.82 Å². The third-order valence-electron chi connectivity index (χ3n) is 3.90. The summed E-state index contributed by atoms with van der Waals surface area (Å²) >= 11 is 0. The second-order valence-electron chi connectivity index (χ2n) is 5.77. The van der Waals surface area contributed by atoms with E-state index in [2.05, 4.69) is 25.4 Å². The van der Waals surface area contributed by atoms with E-state index in [-0.39, 0.29) is 28.4 Å². The number of nitrogen functional groups attached to an aromatic ring is 1. The first-order valence-electron chi connectivity index (χ1n) is 7.91. The summed E-state index contributed by atoms with van der Waals surface area (Å²) in [6.45, 7) is 0. The fourth-order valence-electron chi connectivity index (χ4n) is 2.73. The van der Waals surface area contributed by atoms with Gasteiger partial charge in [-0.05, 0) is 6.07 Å². The maximum atomic E-state index is 13.3. The zero-order chi connectivity index (χ0) is 20.8. The zero-order valence-corrected chi connectivity index (χ0v) is 14.2. The summed E-state index contributed by atoms with van der Waals surface area (Å²) in [5, 5.41) is 6.25. The minimum Gasteiger partial charge on any atom is -0.381 e. The third-order valence-corrected chi connectivity index (χ3v) is 3.90. The Bertz CT molecular complexity index is 1230. The second kappa shape index (κ2) is 6.54. The summed E-state index contributed by atoms with van der Waals surface area (Å²) in [6, 6.07) is 1.28. The van der Waals surface area contributed by atoms with Crippen LogP contribution in [0.5, 0.6) is 0 Å². The first-order valence-corrected chi connectivity index (χ1v) is 7.91. The lowest BCUT2D eigenvalue weighted by Crippen LogP contribution is -2.18. The molecule has 4 aromatic heterocycles. The van der Waals surface area contributed by atoms with Crippen molar-refractivity contribution in [2.24, 2.45) is 0 Å². The molecule has 29 heavy (non-hydrogen) atoms. The van der Waals surface area contributed by atoms with Crippen LogP contribution in [-0.4, -0.2) is 35.0 Å². The van der Waals surface area contributed by atoms with Crippen LogP contribution in [0.2, 0.25) is 0 Å². The zero-order valence-electron chi connectivity index (χ0n) is 14.2. The molecule has 0 bridgehead atoms. The molecule has 0 unspecified atom stereocenters. The molecule has 4 rings (SSSR count). The van der Waals surface area contributed by atoms with E-state index in [0.29, 0.717) is 0 Å². The van der Waals surface area contributed by atoms with Gasteiger partial charge in [-0.15, -0.1) is 5.10 Å². The van der Waals surface area contributed by atoms with Crippen LogP contribution in [-0.2, 0) is 6.18 Å². The van der Waals surface area contributed by atoms with E-state index in [1.165, 1.54) is 18.5 Å². The summed E-state index contributed by atoms with van der Waals surface area (Å²) < 4.78 is 54.6. The number of hydrogen-bond acceptors (Lipinski definition) is 6. The number of imidazole rings is 1. The minimum absolute atomic E-state index is 0.0211. The van der Waals surface area contributed by atoms with Crippen molar-refractivity contribution in [1.29, 1.82) is 0 Å². The van der Waals surface area contributed by atoms with Gasteiger partial charge in [0.1, 0.15) is 5.56 Å². The van der Waals surface area contributed by atoms with Gasteiger partial charge in [0.25, 0.3) is 5.91 Å². The van der Waals surface area contributed by atoms with E-state index in [1.54, 1.807) is 0 Å². The number of hydrogen-bond donors (Lipinski definition) is 2. The fourth-order valence-corrected chi connectivity index (χ4v) is 2.73. The maximum Gasteiger partial charge on any atom is 0.450 e. The minimum atomic E-state index is -4.71. The molecule has 0 fully saturated rings. The van der Waals surface area contributed by atoms with Crippen molar-refractivity contribution < 1.29 is 22.4 Å². The number of amides is 1. The van der Waals surface area contributed by atoms with E-state index in [9.17, 15) is 22.4 Å². The van der Waals surface area contributed by atoms with Gasteiger partial charge in [0.15, 0.2) is 17.3 Å². The number of carbonyl (C=O) groups is 1. The van der Waals surface area contributed by atoms with Gasteiger partial charge in [0.05, 0.1) is 30.0 Å². The Kier molecular flexibility index (Phi) is 4.14. The van der Waals surface area contributed by atoms with Crippen LogP contribution >= 0.6 is 0 Å². The lowest BCUT2D eigenvalue weighted by Gasteiger charge is -2.14.